The van der Waals surface area contributed by atoms with Gasteiger partial charge in [0.1, 0.15) is 5.75 Å². The van der Waals surface area contributed by atoms with E-state index in [1.165, 1.54) is 12.7 Å². The molecule has 0 fully saturated rings. The van der Waals surface area contributed by atoms with Gasteiger partial charge in [0.2, 0.25) is 0 Å². The van der Waals surface area contributed by atoms with Gasteiger partial charge in [-0.05, 0) is 52.6 Å². The summed E-state index contributed by atoms with van der Waals surface area (Å²) in [5.41, 5.74) is 2.88. The summed E-state index contributed by atoms with van der Waals surface area (Å²) in [7, 11) is 1.54. The SMILES string of the molecule is C/C=C1\C=CN(C(=O)Nc2cc(OC)c(Cl)cc2Br)C(c2ccccc2)C1. The second-order valence-corrected chi connectivity index (χ2v) is 7.38. The highest BCUT2D eigenvalue weighted by Gasteiger charge is 2.27. The maximum Gasteiger partial charge on any atom is 0.326 e. The zero-order chi connectivity index (χ0) is 19.4. The number of nitrogens with zero attached hydrogens (tertiary/aromatic N) is 1. The molecule has 1 N–H and O–H groups in total. The predicted molar refractivity (Wildman–Crippen MR) is 113 cm³/mol. The largest absolute Gasteiger partial charge is 0.495 e. The van der Waals surface area contributed by atoms with Gasteiger partial charge in [-0.3, -0.25) is 4.90 Å². The third kappa shape index (κ3) is 4.37. The van der Waals surface area contributed by atoms with Crippen molar-refractivity contribution >= 4 is 39.2 Å². The highest BCUT2D eigenvalue weighted by molar-refractivity contribution is 9.10. The molecule has 0 bridgehead atoms. The summed E-state index contributed by atoms with van der Waals surface area (Å²) in [5, 5.41) is 3.42. The van der Waals surface area contributed by atoms with Gasteiger partial charge < -0.3 is 10.1 Å². The molecular formula is C21H20BrClN2O2. The lowest BCUT2D eigenvalue weighted by molar-refractivity contribution is 0.211. The molecule has 3 rings (SSSR count). The summed E-state index contributed by atoms with van der Waals surface area (Å²) >= 11 is 9.57. The lowest BCUT2D eigenvalue weighted by Gasteiger charge is -2.33. The minimum atomic E-state index is -0.222. The monoisotopic (exact) mass is 446 g/mol. The van der Waals surface area contributed by atoms with Crippen LogP contribution in [0, 0.1) is 0 Å². The van der Waals surface area contributed by atoms with Gasteiger partial charge in [-0.1, -0.05) is 48.0 Å². The highest BCUT2D eigenvalue weighted by Crippen LogP contribution is 2.36. The molecule has 0 aromatic heterocycles. The van der Waals surface area contributed by atoms with E-state index in [2.05, 4.69) is 27.3 Å². The van der Waals surface area contributed by atoms with Crippen LogP contribution in [0.1, 0.15) is 24.9 Å². The number of ether oxygens (including phenoxy) is 1. The first-order valence-electron chi connectivity index (χ1n) is 8.54. The summed E-state index contributed by atoms with van der Waals surface area (Å²) in [6, 6.07) is 13.1. The molecule has 27 heavy (non-hydrogen) atoms. The second kappa shape index (κ2) is 8.63. The van der Waals surface area contributed by atoms with Crippen molar-refractivity contribution in [3.8, 4) is 5.75 Å². The summed E-state index contributed by atoms with van der Waals surface area (Å²) in [4.78, 5) is 14.8. The number of urea groups is 1. The van der Waals surface area contributed by atoms with E-state index in [4.69, 9.17) is 16.3 Å². The van der Waals surface area contributed by atoms with Gasteiger partial charge in [0.15, 0.2) is 0 Å². The minimum absolute atomic E-state index is 0.0737. The Kier molecular flexibility index (Phi) is 6.24. The number of anilines is 1. The van der Waals surface area contributed by atoms with Gasteiger partial charge in [-0.15, -0.1) is 0 Å². The number of carbonyl (C=O) groups is 1. The standard InChI is InChI=1S/C21H20BrClN2O2/c1-3-14-9-10-25(19(11-14)15-7-5-4-6-8-15)21(26)24-18-13-20(27-2)17(23)12-16(18)22/h3-10,12-13,19H,11H2,1-2H3,(H,24,26)/b14-3+. The van der Waals surface area contributed by atoms with Crippen LogP contribution in [-0.2, 0) is 0 Å². The Morgan fingerprint density at radius 1 is 1.33 bits per heavy atom. The molecule has 0 saturated heterocycles. The zero-order valence-electron chi connectivity index (χ0n) is 15.1. The molecule has 140 valence electrons. The van der Waals surface area contributed by atoms with Gasteiger partial charge in [0.05, 0.1) is 23.9 Å². The van der Waals surface area contributed by atoms with Crippen LogP contribution in [0.25, 0.3) is 0 Å². The third-order valence-electron chi connectivity index (χ3n) is 4.49. The van der Waals surface area contributed by atoms with Crippen LogP contribution in [0.5, 0.6) is 5.75 Å². The second-order valence-electron chi connectivity index (χ2n) is 6.11. The van der Waals surface area contributed by atoms with Gasteiger partial charge in [0, 0.05) is 16.7 Å². The molecule has 2 amide bonds. The van der Waals surface area contributed by atoms with Crippen molar-refractivity contribution in [1.82, 2.24) is 4.90 Å². The fraction of sp³-hybridized carbons (Fsp3) is 0.190. The molecule has 1 aliphatic heterocycles. The van der Waals surface area contributed by atoms with Gasteiger partial charge in [0.25, 0.3) is 0 Å². The van der Waals surface area contributed by atoms with Crippen LogP contribution in [-0.4, -0.2) is 18.0 Å². The van der Waals surface area contributed by atoms with E-state index < -0.39 is 0 Å². The number of methoxy groups -OCH3 is 1. The highest BCUT2D eigenvalue weighted by atomic mass is 79.9. The molecule has 2 aromatic carbocycles. The van der Waals surface area contributed by atoms with E-state index in [1.54, 1.807) is 17.0 Å². The molecule has 0 radical (unpaired) electrons. The average molecular weight is 448 g/mol. The maximum absolute atomic E-state index is 13.0. The molecule has 4 nitrogen and oxygen atoms in total. The number of carbonyl (C=O) groups excluding carboxylic acids is 1. The lowest BCUT2D eigenvalue weighted by atomic mass is 9.95. The average Bonchev–Trinajstić information content (AvgIpc) is 2.70. The van der Waals surface area contributed by atoms with E-state index in [0.29, 0.717) is 20.9 Å². The van der Waals surface area contributed by atoms with Gasteiger partial charge in [-0.25, -0.2) is 4.79 Å². The molecule has 0 saturated carbocycles. The molecule has 0 spiro atoms. The smallest absolute Gasteiger partial charge is 0.326 e. The van der Waals surface area contributed by atoms with Crippen LogP contribution in [0.2, 0.25) is 5.02 Å². The maximum atomic E-state index is 13.0. The van der Waals surface area contributed by atoms with Crippen LogP contribution in [0.4, 0.5) is 10.5 Å². The number of hydrogen-bond donors (Lipinski definition) is 1. The van der Waals surface area contributed by atoms with Crippen molar-refractivity contribution in [3.63, 3.8) is 0 Å². The van der Waals surface area contributed by atoms with Crippen LogP contribution in [0.3, 0.4) is 0 Å². The number of amides is 2. The van der Waals surface area contributed by atoms with Crippen molar-refractivity contribution in [2.75, 3.05) is 12.4 Å². The molecule has 1 atom stereocenters. The van der Waals surface area contributed by atoms with Crippen molar-refractivity contribution in [2.24, 2.45) is 0 Å². The van der Waals surface area contributed by atoms with E-state index in [-0.39, 0.29) is 12.1 Å². The number of nitrogens with one attached hydrogen (secondary N) is 1. The Morgan fingerprint density at radius 3 is 2.74 bits per heavy atom. The Labute approximate surface area is 172 Å². The van der Waals surface area contributed by atoms with E-state index in [9.17, 15) is 4.79 Å². The first kappa shape index (κ1) is 19.5. The Hall–Kier alpha value is -2.24. The van der Waals surface area contributed by atoms with Gasteiger partial charge in [-0.2, -0.15) is 0 Å². The number of allylic oxidation sites excluding steroid dienone is 2. The first-order valence-corrected chi connectivity index (χ1v) is 9.71. The summed E-state index contributed by atoms with van der Waals surface area (Å²) in [6.07, 6.45) is 6.63. The van der Waals surface area contributed by atoms with E-state index in [0.717, 1.165) is 12.0 Å². The number of benzene rings is 2. The third-order valence-corrected chi connectivity index (χ3v) is 5.44. The zero-order valence-corrected chi connectivity index (χ0v) is 17.4. The summed E-state index contributed by atoms with van der Waals surface area (Å²) < 4.78 is 5.94. The quantitative estimate of drug-likeness (QED) is 0.579. The van der Waals surface area contributed by atoms with Crippen molar-refractivity contribution in [2.45, 2.75) is 19.4 Å². The normalized spacial score (nSPS) is 17.9. The lowest BCUT2D eigenvalue weighted by Crippen LogP contribution is -2.36. The Balaban J connectivity index is 1.90. The van der Waals surface area contributed by atoms with Gasteiger partial charge >= 0.3 is 6.03 Å². The van der Waals surface area contributed by atoms with E-state index >= 15 is 0 Å². The van der Waals surface area contributed by atoms with Crippen molar-refractivity contribution in [3.05, 3.63) is 81.4 Å². The van der Waals surface area contributed by atoms with Crippen LogP contribution >= 0.6 is 27.5 Å². The Morgan fingerprint density at radius 2 is 2.07 bits per heavy atom. The fourth-order valence-corrected chi connectivity index (χ4v) is 3.82. The summed E-state index contributed by atoms with van der Waals surface area (Å²) in [5.74, 6) is 0.500. The molecule has 1 unspecified atom stereocenters. The Bertz CT molecular complexity index is 897. The number of halogens is 2. The summed E-state index contributed by atoms with van der Waals surface area (Å²) in [6.45, 7) is 2.01. The van der Waals surface area contributed by atoms with E-state index in [1.807, 2.05) is 49.5 Å². The molecule has 6 heteroatoms. The number of rotatable bonds is 3. The van der Waals surface area contributed by atoms with Crippen molar-refractivity contribution in [1.29, 1.82) is 0 Å². The molecule has 0 aliphatic carbocycles. The fourth-order valence-electron chi connectivity index (χ4n) is 3.01. The van der Waals surface area contributed by atoms with Crippen LogP contribution in [0.15, 0.2) is 70.9 Å². The predicted octanol–water partition coefficient (Wildman–Crippen LogP) is 6.55. The number of hydrogen-bond acceptors (Lipinski definition) is 2. The molecule has 1 aliphatic rings. The molecule has 2 aromatic rings. The first-order chi connectivity index (χ1) is 13.0. The molecule has 1 heterocycles. The topological polar surface area (TPSA) is 41.6 Å². The minimum Gasteiger partial charge on any atom is -0.495 e. The van der Waals surface area contributed by atoms with Crippen molar-refractivity contribution < 1.29 is 9.53 Å². The molecular weight excluding hydrogens is 428 g/mol. The van der Waals surface area contributed by atoms with Crippen LogP contribution < -0.4 is 10.1 Å².